The fourth-order valence-corrected chi connectivity index (χ4v) is 2.17. The summed E-state index contributed by atoms with van der Waals surface area (Å²) < 4.78 is 0. The molecule has 0 aliphatic rings. The first-order valence-electron chi connectivity index (χ1n) is 6.25. The molecule has 0 saturated carbocycles. The number of aryl methyl sites for hydroxylation is 1. The number of nitrogens with one attached hydrogen (secondary N) is 1. The lowest BCUT2D eigenvalue weighted by atomic mass is 10.1. The van der Waals surface area contributed by atoms with E-state index in [1.165, 1.54) is 0 Å². The highest BCUT2D eigenvalue weighted by Gasteiger charge is 2.08. The fourth-order valence-electron chi connectivity index (χ4n) is 1.75. The molecule has 0 fully saturated rings. The molecule has 4 heteroatoms. The number of hydrogen-bond donors (Lipinski definition) is 1. The van der Waals surface area contributed by atoms with Gasteiger partial charge in [0.2, 0.25) is 0 Å². The lowest BCUT2D eigenvalue weighted by Gasteiger charge is -2.07. The largest absolute Gasteiger partial charge is 0.352 e. The van der Waals surface area contributed by atoms with Crippen molar-refractivity contribution < 1.29 is 4.79 Å². The molecule has 1 aromatic rings. The summed E-state index contributed by atoms with van der Waals surface area (Å²) >= 11 is 11.4. The molecule has 0 bridgehead atoms. The Kier molecular flexibility index (Phi) is 7.14. The molecule has 1 N–H and O–H groups in total. The smallest absolute Gasteiger partial charge is 0.251 e. The van der Waals surface area contributed by atoms with Gasteiger partial charge in [0.05, 0.1) is 0 Å². The van der Waals surface area contributed by atoms with Crippen molar-refractivity contribution in [1.29, 1.82) is 0 Å². The Labute approximate surface area is 119 Å². The highest BCUT2D eigenvalue weighted by Crippen LogP contribution is 2.15. The molecule has 0 heterocycles. The topological polar surface area (TPSA) is 29.1 Å². The Bertz CT molecular complexity index is 393. The van der Waals surface area contributed by atoms with Gasteiger partial charge in [0.15, 0.2) is 0 Å². The molecular formula is C14H19Cl2NO. The van der Waals surface area contributed by atoms with Crippen molar-refractivity contribution in [2.45, 2.75) is 32.6 Å². The van der Waals surface area contributed by atoms with Gasteiger partial charge in [0, 0.05) is 23.0 Å². The van der Waals surface area contributed by atoms with Gasteiger partial charge < -0.3 is 5.32 Å². The molecule has 0 saturated heterocycles. The minimum atomic E-state index is -0.0264. The molecule has 100 valence electrons. The van der Waals surface area contributed by atoms with Crippen LogP contribution in [0.5, 0.6) is 0 Å². The Morgan fingerprint density at radius 1 is 1.22 bits per heavy atom. The predicted molar refractivity (Wildman–Crippen MR) is 77.7 cm³/mol. The van der Waals surface area contributed by atoms with Crippen LogP contribution in [0.25, 0.3) is 0 Å². The van der Waals surface area contributed by atoms with Crippen LogP contribution in [0.1, 0.15) is 41.6 Å². The van der Waals surface area contributed by atoms with Crippen molar-refractivity contribution in [2.75, 3.05) is 12.4 Å². The van der Waals surface area contributed by atoms with E-state index >= 15 is 0 Å². The van der Waals surface area contributed by atoms with E-state index < -0.39 is 0 Å². The van der Waals surface area contributed by atoms with Crippen molar-refractivity contribution in [2.24, 2.45) is 0 Å². The highest BCUT2D eigenvalue weighted by molar-refractivity contribution is 6.30. The van der Waals surface area contributed by atoms with Crippen molar-refractivity contribution >= 4 is 29.1 Å². The van der Waals surface area contributed by atoms with E-state index in [2.05, 4.69) is 5.32 Å². The average Bonchev–Trinajstić information content (AvgIpc) is 2.33. The van der Waals surface area contributed by atoms with E-state index in [9.17, 15) is 4.79 Å². The van der Waals surface area contributed by atoms with Crippen LogP contribution in [0.2, 0.25) is 5.02 Å². The van der Waals surface area contributed by atoms with Crippen molar-refractivity contribution in [1.82, 2.24) is 5.32 Å². The zero-order valence-electron chi connectivity index (χ0n) is 10.6. The number of carbonyl (C=O) groups is 1. The summed E-state index contributed by atoms with van der Waals surface area (Å²) in [6.45, 7) is 2.60. The number of alkyl halides is 1. The van der Waals surface area contributed by atoms with E-state index in [-0.39, 0.29) is 5.91 Å². The maximum Gasteiger partial charge on any atom is 0.251 e. The van der Waals surface area contributed by atoms with E-state index in [4.69, 9.17) is 23.2 Å². The molecule has 0 atom stereocenters. The van der Waals surface area contributed by atoms with Gasteiger partial charge in [-0.05, 0) is 43.5 Å². The van der Waals surface area contributed by atoms with Crippen LogP contribution >= 0.6 is 23.2 Å². The second kappa shape index (κ2) is 8.39. The molecule has 0 radical (unpaired) electrons. The van der Waals surface area contributed by atoms with Gasteiger partial charge >= 0.3 is 0 Å². The van der Waals surface area contributed by atoms with Crippen LogP contribution in [0.4, 0.5) is 0 Å². The van der Waals surface area contributed by atoms with Crippen LogP contribution in [0.3, 0.4) is 0 Å². The molecule has 0 unspecified atom stereocenters. The summed E-state index contributed by atoms with van der Waals surface area (Å²) in [7, 11) is 0. The minimum absolute atomic E-state index is 0.0264. The maximum atomic E-state index is 11.9. The van der Waals surface area contributed by atoms with E-state index in [0.717, 1.165) is 37.1 Å². The number of unbranched alkanes of at least 4 members (excludes halogenated alkanes) is 3. The van der Waals surface area contributed by atoms with Crippen molar-refractivity contribution in [3.63, 3.8) is 0 Å². The fraction of sp³-hybridized carbons (Fsp3) is 0.500. The summed E-state index contributed by atoms with van der Waals surface area (Å²) in [5, 5.41) is 3.58. The Balaban J connectivity index is 2.32. The summed E-state index contributed by atoms with van der Waals surface area (Å²) in [5.41, 5.74) is 1.60. The zero-order valence-corrected chi connectivity index (χ0v) is 12.2. The van der Waals surface area contributed by atoms with Gasteiger partial charge in [-0.2, -0.15) is 0 Å². The van der Waals surface area contributed by atoms with E-state index in [0.29, 0.717) is 17.1 Å². The zero-order chi connectivity index (χ0) is 13.4. The summed E-state index contributed by atoms with van der Waals surface area (Å²) in [6, 6.07) is 5.31. The third kappa shape index (κ3) is 5.28. The predicted octanol–water partition coefficient (Wildman–Crippen LogP) is 4.18. The molecule has 2 nitrogen and oxygen atoms in total. The number of rotatable bonds is 7. The molecule has 0 aliphatic heterocycles. The number of halogens is 2. The first-order chi connectivity index (χ1) is 8.65. The van der Waals surface area contributed by atoms with Gasteiger partial charge in [-0.15, -0.1) is 11.6 Å². The van der Waals surface area contributed by atoms with Gasteiger partial charge in [-0.1, -0.05) is 24.4 Å². The SMILES string of the molecule is Cc1cc(Cl)ccc1C(=O)NCCCCCCCl. The van der Waals surface area contributed by atoms with Crippen molar-refractivity contribution in [3.05, 3.63) is 34.3 Å². The highest BCUT2D eigenvalue weighted by atomic mass is 35.5. The minimum Gasteiger partial charge on any atom is -0.352 e. The summed E-state index contributed by atoms with van der Waals surface area (Å²) in [4.78, 5) is 11.9. The summed E-state index contributed by atoms with van der Waals surface area (Å²) in [6.07, 6.45) is 4.27. The van der Waals surface area contributed by atoms with Crippen LogP contribution < -0.4 is 5.32 Å². The number of carbonyl (C=O) groups excluding carboxylic acids is 1. The Morgan fingerprint density at radius 3 is 2.61 bits per heavy atom. The quantitative estimate of drug-likeness (QED) is 0.592. The first kappa shape index (κ1) is 15.3. The van der Waals surface area contributed by atoms with Gasteiger partial charge in [-0.25, -0.2) is 0 Å². The van der Waals surface area contributed by atoms with Gasteiger partial charge in [-0.3, -0.25) is 4.79 Å². The lowest BCUT2D eigenvalue weighted by molar-refractivity contribution is 0.0952. The van der Waals surface area contributed by atoms with Crippen LogP contribution in [0, 0.1) is 6.92 Å². The van der Waals surface area contributed by atoms with Gasteiger partial charge in [0.25, 0.3) is 5.91 Å². The molecule has 0 aliphatic carbocycles. The Morgan fingerprint density at radius 2 is 1.94 bits per heavy atom. The standard InChI is InChI=1S/C14H19Cl2NO/c1-11-10-12(16)6-7-13(11)14(18)17-9-5-3-2-4-8-15/h6-7,10H,2-5,8-9H2,1H3,(H,17,18). The monoisotopic (exact) mass is 287 g/mol. The molecule has 0 aromatic heterocycles. The van der Waals surface area contributed by atoms with Crippen molar-refractivity contribution in [3.8, 4) is 0 Å². The number of hydrogen-bond acceptors (Lipinski definition) is 1. The Hall–Kier alpha value is -0.730. The van der Waals surface area contributed by atoms with Crippen LogP contribution in [-0.4, -0.2) is 18.3 Å². The maximum absolute atomic E-state index is 11.9. The molecule has 18 heavy (non-hydrogen) atoms. The number of benzene rings is 1. The second-order valence-electron chi connectivity index (χ2n) is 4.32. The molecule has 0 spiro atoms. The number of amides is 1. The van der Waals surface area contributed by atoms with Gasteiger partial charge in [0.1, 0.15) is 0 Å². The van der Waals surface area contributed by atoms with E-state index in [1.54, 1.807) is 18.2 Å². The second-order valence-corrected chi connectivity index (χ2v) is 5.13. The molecule has 1 aromatic carbocycles. The normalized spacial score (nSPS) is 10.4. The molecular weight excluding hydrogens is 269 g/mol. The average molecular weight is 288 g/mol. The molecule has 1 rings (SSSR count). The first-order valence-corrected chi connectivity index (χ1v) is 7.16. The lowest BCUT2D eigenvalue weighted by Crippen LogP contribution is -2.25. The summed E-state index contributed by atoms with van der Waals surface area (Å²) in [5.74, 6) is 0.692. The third-order valence-electron chi connectivity index (χ3n) is 2.78. The van der Waals surface area contributed by atoms with E-state index in [1.807, 2.05) is 6.92 Å². The van der Waals surface area contributed by atoms with Crippen LogP contribution in [0.15, 0.2) is 18.2 Å². The van der Waals surface area contributed by atoms with Crippen LogP contribution in [-0.2, 0) is 0 Å². The molecule has 1 amide bonds. The third-order valence-corrected chi connectivity index (χ3v) is 3.28.